The molecule has 0 radical (unpaired) electrons. The topological polar surface area (TPSA) is 52.0 Å². The maximum absolute atomic E-state index is 6.03. The van der Waals surface area contributed by atoms with E-state index in [2.05, 4.69) is 30.9 Å². The van der Waals surface area contributed by atoms with Crippen LogP contribution in [-0.2, 0) is 5.75 Å². The zero-order valence-corrected chi connectivity index (χ0v) is 11.7. The van der Waals surface area contributed by atoms with Crippen molar-refractivity contribution in [3.05, 3.63) is 46.0 Å². The summed E-state index contributed by atoms with van der Waals surface area (Å²) in [5, 5.41) is 1.62. The highest BCUT2D eigenvalue weighted by molar-refractivity contribution is 8.35. The third-order valence-electron chi connectivity index (χ3n) is 2.14. The summed E-state index contributed by atoms with van der Waals surface area (Å²) in [5.74, 6) is 0.878. The van der Waals surface area contributed by atoms with E-state index in [0.717, 1.165) is 15.8 Å². The Morgan fingerprint density at radius 2 is 1.69 bits per heavy atom. The third kappa shape index (κ3) is 4.02. The first-order valence-electron chi connectivity index (χ1n) is 5.01. The second-order valence-corrected chi connectivity index (χ2v) is 9.47. The first-order valence-corrected chi connectivity index (χ1v) is 8.86. The Hall–Kier alpha value is -0.740. The Balaban J connectivity index is 2.63. The Morgan fingerprint density at radius 3 is 2.19 bits per heavy atom. The SMILES string of the molecule is CS(C)(C)/C(N)=C(/N)SCc1ccccc1. The molecule has 0 atom stereocenters. The molecule has 2 nitrogen and oxygen atoms in total. The van der Waals surface area contributed by atoms with Crippen molar-refractivity contribution in [1.29, 1.82) is 0 Å². The molecule has 0 amide bonds. The number of hydrogen-bond acceptors (Lipinski definition) is 3. The average Bonchev–Trinajstić information content (AvgIpc) is 2.25. The largest absolute Gasteiger partial charge is 0.393 e. The predicted octanol–water partition coefficient (Wildman–Crippen LogP) is 2.66. The van der Waals surface area contributed by atoms with Crippen molar-refractivity contribution in [2.24, 2.45) is 11.5 Å². The predicted molar refractivity (Wildman–Crippen MR) is 78.5 cm³/mol. The van der Waals surface area contributed by atoms with Gasteiger partial charge in [-0.05, 0) is 24.3 Å². The van der Waals surface area contributed by atoms with E-state index in [1.54, 1.807) is 11.8 Å². The molecule has 90 valence electrons. The molecule has 0 aliphatic rings. The van der Waals surface area contributed by atoms with Gasteiger partial charge in [0.25, 0.3) is 0 Å². The molecule has 16 heavy (non-hydrogen) atoms. The maximum atomic E-state index is 6.03. The summed E-state index contributed by atoms with van der Waals surface area (Å²) in [5.41, 5.74) is 13.3. The van der Waals surface area contributed by atoms with Gasteiger partial charge in [-0.25, -0.2) is 10.0 Å². The summed E-state index contributed by atoms with van der Waals surface area (Å²) < 4.78 is 0. The van der Waals surface area contributed by atoms with Crippen molar-refractivity contribution >= 4 is 21.8 Å². The van der Waals surface area contributed by atoms with E-state index in [4.69, 9.17) is 11.5 Å². The molecule has 0 aromatic heterocycles. The van der Waals surface area contributed by atoms with Crippen LogP contribution in [0.1, 0.15) is 5.56 Å². The number of thioether (sulfide) groups is 1. The molecule has 0 saturated carbocycles. The van der Waals surface area contributed by atoms with Crippen molar-refractivity contribution in [2.75, 3.05) is 18.8 Å². The molecule has 1 rings (SSSR count). The van der Waals surface area contributed by atoms with Crippen molar-refractivity contribution < 1.29 is 0 Å². The van der Waals surface area contributed by atoms with Gasteiger partial charge in [-0.1, -0.05) is 30.3 Å². The van der Waals surface area contributed by atoms with Gasteiger partial charge in [-0.15, -0.1) is 11.8 Å². The van der Waals surface area contributed by atoms with Crippen LogP contribution < -0.4 is 11.5 Å². The molecular weight excluding hydrogens is 236 g/mol. The number of rotatable bonds is 4. The number of nitrogens with two attached hydrogens (primary N) is 2. The van der Waals surface area contributed by atoms with Crippen molar-refractivity contribution in [3.63, 3.8) is 0 Å². The van der Waals surface area contributed by atoms with Gasteiger partial charge in [0.15, 0.2) is 0 Å². The lowest BCUT2D eigenvalue weighted by atomic mass is 10.2. The van der Waals surface area contributed by atoms with E-state index in [9.17, 15) is 0 Å². The molecule has 0 bridgehead atoms. The van der Waals surface area contributed by atoms with Gasteiger partial charge >= 0.3 is 0 Å². The summed E-state index contributed by atoms with van der Waals surface area (Å²) >= 11 is 1.62. The minimum absolute atomic E-state index is 0.770. The molecule has 4 heteroatoms. The van der Waals surface area contributed by atoms with Gasteiger partial charge in [0.1, 0.15) is 0 Å². The quantitative estimate of drug-likeness (QED) is 0.871. The van der Waals surface area contributed by atoms with Gasteiger partial charge in [-0.2, -0.15) is 0 Å². The minimum atomic E-state index is -0.895. The highest BCUT2D eigenvalue weighted by atomic mass is 32.3. The summed E-state index contributed by atoms with van der Waals surface area (Å²) in [6.45, 7) is 0. The van der Waals surface area contributed by atoms with E-state index in [0.29, 0.717) is 0 Å². The molecule has 0 aliphatic heterocycles. The molecular formula is C12H20N2S2. The van der Waals surface area contributed by atoms with Gasteiger partial charge in [0, 0.05) is 5.75 Å². The molecule has 0 unspecified atom stereocenters. The number of hydrogen-bond donors (Lipinski definition) is 2. The van der Waals surface area contributed by atoms with Crippen LogP contribution in [0.25, 0.3) is 0 Å². The maximum Gasteiger partial charge on any atom is 0.0944 e. The lowest BCUT2D eigenvalue weighted by Crippen LogP contribution is -2.13. The Labute approximate surface area is 104 Å². The molecule has 1 aromatic rings. The third-order valence-corrected chi connectivity index (χ3v) is 4.82. The normalized spacial score (nSPS) is 14.4. The van der Waals surface area contributed by atoms with Crippen LogP contribution in [-0.4, -0.2) is 18.8 Å². The molecule has 0 fully saturated rings. The highest BCUT2D eigenvalue weighted by Crippen LogP contribution is 2.43. The first-order chi connectivity index (χ1) is 7.41. The highest BCUT2D eigenvalue weighted by Gasteiger charge is 2.12. The van der Waals surface area contributed by atoms with Crippen LogP contribution in [0.5, 0.6) is 0 Å². The fourth-order valence-electron chi connectivity index (χ4n) is 1.11. The molecule has 1 aromatic carbocycles. The van der Waals surface area contributed by atoms with Crippen molar-refractivity contribution in [2.45, 2.75) is 5.75 Å². The monoisotopic (exact) mass is 256 g/mol. The van der Waals surface area contributed by atoms with Gasteiger partial charge < -0.3 is 11.5 Å². The molecule has 0 saturated heterocycles. The molecule has 0 spiro atoms. The fourth-order valence-corrected chi connectivity index (χ4v) is 3.30. The van der Waals surface area contributed by atoms with E-state index in [1.807, 2.05) is 18.2 Å². The molecule has 4 N–H and O–H groups in total. The Kier molecular flexibility index (Phi) is 4.62. The zero-order valence-electron chi connectivity index (χ0n) is 10.1. The van der Waals surface area contributed by atoms with E-state index >= 15 is 0 Å². The lowest BCUT2D eigenvalue weighted by Gasteiger charge is -2.27. The van der Waals surface area contributed by atoms with Gasteiger partial charge in [-0.3, -0.25) is 0 Å². The lowest BCUT2D eigenvalue weighted by molar-refractivity contribution is 1.38. The molecule has 0 aliphatic carbocycles. The minimum Gasteiger partial charge on any atom is -0.393 e. The molecule has 0 heterocycles. The van der Waals surface area contributed by atoms with Crippen molar-refractivity contribution in [1.82, 2.24) is 0 Å². The summed E-state index contributed by atoms with van der Waals surface area (Å²) in [4.78, 5) is 0. The van der Waals surface area contributed by atoms with Crippen LogP contribution in [0.4, 0.5) is 0 Å². The summed E-state index contributed by atoms with van der Waals surface area (Å²) in [6.07, 6.45) is 6.45. The zero-order chi connectivity index (χ0) is 12.2. The summed E-state index contributed by atoms with van der Waals surface area (Å²) in [7, 11) is -0.895. The fraction of sp³-hybridized carbons (Fsp3) is 0.333. The van der Waals surface area contributed by atoms with Crippen molar-refractivity contribution in [3.8, 4) is 0 Å². The van der Waals surface area contributed by atoms with Crippen LogP contribution in [0.2, 0.25) is 0 Å². The van der Waals surface area contributed by atoms with Gasteiger partial charge in [0.05, 0.1) is 10.1 Å². The first kappa shape index (κ1) is 13.3. The Bertz CT molecular complexity index is 366. The Morgan fingerprint density at radius 1 is 1.12 bits per heavy atom. The smallest absolute Gasteiger partial charge is 0.0944 e. The number of benzene rings is 1. The van der Waals surface area contributed by atoms with Gasteiger partial charge in [0.2, 0.25) is 0 Å². The second kappa shape index (κ2) is 5.55. The van der Waals surface area contributed by atoms with E-state index in [1.165, 1.54) is 5.56 Å². The average molecular weight is 256 g/mol. The van der Waals surface area contributed by atoms with Crippen LogP contribution in [0.3, 0.4) is 0 Å². The second-order valence-electron chi connectivity index (χ2n) is 4.34. The standard InChI is InChI=1S/C12H20N2S2/c1-16(2,3)12(14)11(13)15-9-10-7-5-4-6-8-10/h4-8H,9,13-14H2,1-3H3/b12-11-. The summed E-state index contributed by atoms with van der Waals surface area (Å²) in [6, 6.07) is 10.3. The van der Waals surface area contributed by atoms with Crippen LogP contribution in [0.15, 0.2) is 40.4 Å². The van der Waals surface area contributed by atoms with E-state index < -0.39 is 10.0 Å². The van der Waals surface area contributed by atoms with Crippen LogP contribution in [0, 0.1) is 0 Å². The van der Waals surface area contributed by atoms with Crippen LogP contribution >= 0.6 is 21.8 Å². The van der Waals surface area contributed by atoms with E-state index in [-0.39, 0.29) is 0 Å².